The maximum absolute atomic E-state index is 11.9. The number of hydrogen-bond acceptors (Lipinski definition) is 3. The lowest BCUT2D eigenvalue weighted by Crippen LogP contribution is -2.37. The number of amides is 1. The van der Waals surface area contributed by atoms with E-state index in [1.165, 1.54) is 0 Å². The zero-order chi connectivity index (χ0) is 13.9. The number of benzene rings is 1. The van der Waals surface area contributed by atoms with Gasteiger partial charge >= 0.3 is 0 Å². The fraction of sp³-hybridized carbons (Fsp3) is 0.500. The third kappa shape index (κ3) is 3.56. The number of rotatable bonds is 5. The van der Waals surface area contributed by atoms with Crippen molar-refractivity contribution >= 4 is 15.7 Å². The second-order valence-corrected chi connectivity index (χ2v) is 7.30. The van der Waals surface area contributed by atoms with E-state index in [9.17, 15) is 13.2 Å². The summed E-state index contributed by atoms with van der Waals surface area (Å²) >= 11 is 0. The molecule has 1 aromatic carbocycles. The Morgan fingerprint density at radius 1 is 1.26 bits per heavy atom. The highest BCUT2D eigenvalue weighted by atomic mass is 32.2. The van der Waals surface area contributed by atoms with Crippen LogP contribution in [0.25, 0.3) is 0 Å². The van der Waals surface area contributed by atoms with Gasteiger partial charge in [-0.05, 0) is 12.0 Å². The second-order valence-electron chi connectivity index (χ2n) is 4.90. The number of sulfone groups is 1. The van der Waals surface area contributed by atoms with Crippen molar-refractivity contribution < 1.29 is 13.2 Å². The van der Waals surface area contributed by atoms with Gasteiger partial charge in [0.1, 0.15) is 0 Å². The van der Waals surface area contributed by atoms with Gasteiger partial charge in [-0.2, -0.15) is 0 Å². The molecule has 0 saturated carbocycles. The van der Waals surface area contributed by atoms with Gasteiger partial charge in [0.25, 0.3) is 0 Å². The van der Waals surface area contributed by atoms with Crippen LogP contribution < -0.4 is 0 Å². The van der Waals surface area contributed by atoms with Gasteiger partial charge in [0, 0.05) is 24.8 Å². The second kappa shape index (κ2) is 5.74. The third-order valence-electron chi connectivity index (χ3n) is 3.53. The molecule has 19 heavy (non-hydrogen) atoms. The van der Waals surface area contributed by atoms with E-state index in [1.54, 1.807) is 11.8 Å². The minimum Gasteiger partial charge on any atom is -0.334 e. The molecule has 0 N–H and O–H groups in total. The molecule has 1 amide bonds. The molecule has 1 saturated heterocycles. The predicted molar refractivity (Wildman–Crippen MR) is 74.3 cm³/mol. The largest absolute Gasteiger partial charge is 0.334 e. The van der Waals surface area contributed by atoms with E-state index in [2.05, 4.69) is 0 Å². The van der Waals surface area contributed by atoms with Crippen LogP contribution in [0.5, 0.6) is 0 Å². The van der Waals surface area contributed by atoms with Crippen LogP contribution in [0.4, 0.5) is 0 Å². The van der Waals surface area contributed by atoms with Gasteiger partial charge in [-0.3, -0.25) is 4.79 Å². The average molecular weight is 281 g/mol. The summed E-state index contributed by atoms with van der Waals surface area (Å²) in [7, 11) is -3.05. The highest BCUT2D eigenvalue weighted by molar-refractivity contribution is 7.91. The van der Waals surface area contributed by atoms with E-state index < -0.39 is 9.84 Å². The molecule has 0 unspecified atom stereocenters. The standard InChI is InChI=1S/C14H19NO3S/c1-2-19(17,18)11-13-8-9-14(16)15(13)10-12-6-4-3-5-7-12/h3-7,13H,2,8-11H2,1H3/t13-/m1/s1. The first-order chi connectivity index (χ1) is 9.02. The molecule has 0 bridgehead atoms. The Morgan fingerprint density at radius 3 is 2.58 bits per heavy atom. The number of nitrogens with zero attached hydrogens (tertiary/aromatic N) is 1. The summed E-state index contributed by atoms with van der Waals surface area (Å²) in [6, 6.07) is 9.52. The van der Waals surface area contributed by atoms with Gasteiger partial charge in [0.2, 0.25) is 5.91 Å². The lowest BCUT2D eigenvalue weighted by atomic mass is 10.2. The van der Waals surface area contributed by atoms with Crippen molar-refractivity contribution in [3.05, 3.63) is 35.9 Å². The Kier molecular flexibility index (Phi) is 4.24. The van der Waals surface area contributed by atoms with Crippen molar-refractivity contribution in [2.24, 2.45) is 0 Å². The highest BCUT2D eigenvalue weighted by Gasteiger charge is 2.33. The number of hydrogen-bond donors (Lipinski definition) is 0. The SMILES string of the molecule is CCS(=O)(=O)C[C@H]1CCC(=O)N1Cc1ccccc1. The van der Waals surface area contributed by atoms with E-state index in [1.807, 2.05) is 30.3 Å². The molecule has 1 fully saturated rings. The van der Waals surface area contributed by atoms with Crippen molar-refractivity contribution in [2.75, 3.05) is 11.5 Å². The molecular formula is C14H19NO3S. The molecule has 0 spiro atoms. The molecule has 0 aliphatic carbocycles. The molecule has 1 aliphatic rings. The zero-order valence-electron chi connectivity index (χ0n) is 11.1. The van der Waals surface area contributed by atoms with Gasteiger partial charge in [-0.25, -0.2) is 8.42 Å². The van der Waals surface area contributed by atoms with Crippen LogP contribution in [0.3, 0.4) is 0 Å². The van der Waals surface area contributed by atoms with Gasteiger partial charge < -0.3 is 4.90 Å². The van der Waals surface area contributed by atoms with Crippen LogP contribution in [0, 0.1) is 0 Å². The fourth-order valence-electron chi connectivity index (χ4n) is 2.37. The Labute approximate surface area is 114 Å². The quantitative estimate of drug-likeness (QED) is 0.824. The zero-order valence-corrected chi connectivity index (χ0v) is 11.9. The minimum absolute atomic E-state index is 0.0557. The Bertz CT molecular complexity index is 539. The van der Waals surface area contributed by atoms with Crippen molar-refractivity contribution in [3.63, 3.8) is 0 Å². The fourth-order valence-corrected chi connectivity index (χ4v) is 3.54. The molecule has 1 aromatic rings. The maximum Gasteiger partial charge on any atom is 0.223 e. The summed E-state index contributed by atoms with van der Waals surface area (Å²) < 4.78 is 23.4. The van der Waals surface area contributed by atoms with Crippen LogP contribution in [0.2, 0.25) is 0 Å². The molecule has 1 heterocycles. The first kappa shape index (κ1) is 14.1. The van der Waals surface area contributed by atoms with Crippen molar-refractivity contribution in [2.45, 2.75) is 32.4 Å². The van der Waals surface area contributed by atoms with Crippen molar-refractivity contribution in [3.8, 4) is 0 Å². The van der Waals surface area contributed by atoms with Crippen LogP contribution in [-0.4, -0.2) is 36.8 Å². The highest BCUT2D eigenvalue weighted by Crippen LogP contribution is 2.22. The van der Waals surface area contributed by atoms with Gasteiger partial charge in [0.15, 0.2) is 9.84 Å². The van der Waals surface area contributed by atoms with Crippen molar-refractivity contribution in [1.82, 2.24) is 4.90 Å². The maximum atomic E-state index is 11.9. The minimum atomic E-state index is -3.05. The molecule has 1 aliphatic heterocycles. The average Bonchev–Trinajstić information content (AvgIpc) is 2.72. The molecule has 0 aromatic heterocycles. The number of carbonyl (C=O) groups excluding carboxylic acids is 1. The molecular weight excluding hydrogens is 262 g/mol. The topological polar surface area (TPSA) is 54.5 Å². The van der Waals surface area contributed by atoms with E-state index in [4.69, 9.17) is 0 Å². The van der Waals surface area contributed by atoms with E-state index >= 15 is 0 Å². The Hall–Kier alpha value is -1.36. The normalized spacial score (nSPS) is 19.9. The van der Waals surface area contributed by atoms with Gasteiger partial charge in [-0.15, -0.1) is 0 Å². The van der Waals surface area contributed by atoms with Gasteiger partial charge in [-0.1, -0.05) is 37.3 Å². The first-order valence-corrected chi connectivity index (χ1v) is 8.38. The summed E-state index contributed by atoms with van der Waals surface area (Å²) in [6.07, 6.45) is 1.10. The van der Waals surface area contributed by atoms with E-state index in [0.717, 1.165) is 5.56 Å². The lowest BCUT2D eigenvalue weighted by Gasteiger charge is -2.24. The van der Waals surface area contributed by atoms with Crippen LogP contribution in [-0.2, 0) is 21.2 Å². The number of likely N-dealkylation sites (tertiary alicyclic amines) is 1. The smallest absolute Gasteiger partial charge is 0.223 e. The predicted octanol–water partition coefficient (Wildman–Crippen LogP) is 1.61. The molecule has 104 valence electrons. The summed E-state index contributed by atoms with van der Waals surface area (Å²) in [4.78, 5) is 13.6. The Morgan fingerprint density at radius 2 is 1.95 bits per heavy atom. The van der Waals surface area contributed by atoms with Crippen molar-refractivity contribution in [1.29, 1.82) is 0 Å². The third-order valence-corrected chi connectivity index (χ3v) is 5.31. The van der Waals surface area contributed by atoms with E-state index in [-0.39, 0.29) is 23.5 Å². The molecule has 0 radical (unpaired) electrons. The van der Waals surface area contributed by atoms with Gasteiger partial charge in [0.05, 0.1) is 5.75 Å². The van der Waals surface area contributed by atoms with Crippen LogP contribution in [0.1, 0.15) is 25.3 Å². The summed E-state index contributed by atoms with van der Waals surface area (Å²) in [5.41, 5.74) is 1.04. The van der Waals surface area contributed by atoms with Crippen LogP contribution in [0.15, 0.2) is 30.3 Å². The number of carbonyl (C=O) groups is 1. The molecule has 1 atom stereocenters. The Balaban J connectivity index is 2.10. The summed E-state index contributed by atoms with van der Waals surface area (Å²) in [5, 5.41) is 0. The summed E-state index contributed by atoms with van der Waals surface area (Å²) in [6.45, 7) is 2.15. The lowest BCUT2D eigenvalue weighted by molar-refractivity contribution is -0.129. The molecule has 2 rings (SSSR count). The van der Waals surface area contributed by atoms with Crippen LogP contribution >= 0.6 is 0 Å². The summed E-state index contributed by atoms with van der Waals surface area (Å²) in [5.74, 6) is 0.277. The first-order valence-electron chi connectivity index (χ1n) is 6.55. The monoisotopic (exact) mass is 281 g/mol. The van der Waals surface area contributed by atoms with E-state index in [0.29, 0.717) is 19.4 Å². The molecule has 4 nitrogen and oxygen atoms in total. The molecule has 5 heteroatoms.